The molecule has 2 aromatic rings. The number of nitrogens with one attached hydrogen (secondary N) is 2. The Labute approximate surface area is 121 Å². The zero-order valence-electron chi connectivity index (χ0n) is 11.6. The standard InChI is InChI=1S/C15H17FN2O3/c1-2-3-12(15(20)21)18-14(19)6-9-8-17-13-7-10(16)4-5-11(9)13/h4-5,7-8,12,17H,2-3,6H2,1H3,(H,18,19)(H,20,21). The van der Waals surface area contributed by atoms with Crippen molar-refractivity contribution in [3.63, 3.8) is 0 Å². The molecular formula is C15H17FN2O3. The van der Waals surface area contributed by atoms with E-state index in [9.17, 15) is 14.0 Å². The molecule has 0 bridgehead atoms. The minimum absolute atomic E-state index is 0.0547. The molecule has 1 aromatic carbocycles. The van der Waals surface area contributed by atoms with E-state index in [1.54, 1.807) is 12.3 Å². The van der Waals surface area contributed by atoms with Crippen molar-refractivity contribution in [2.75, 3.05) is 0 Å². The highest BCUT2D eigenvalue weighted by atomic mass is 19.1. The Hall–Kier alpha value is -2.37. The quantitative estimate of drug-likeness (QED) is 0.763. The molecule has 0 radical (unpaired) electrons. The first-order valence-electron chi connectivity index (χ1n) is 6.79. The molecule has 2 rings (SSSR count). The Balaban J connectivity index is 2.09. The van der Waals surface area contributed by atoms with E-state index in [4.69, 9.17) is 5.11 Å². The molecule has 6 heteroatoms. The number of amides is 1. The predicted molar refractivity (Wildman–Crippen MR) is 76.4 cm³/mol. The SMILES string of the molecule is CCCC(NC(=O)Cc1c[nH]c2cc(F)ccc12)C(=O)O. The van der Waals surface area contributed by atoms with Crippen LogP contribution in [0, 0.1) is 5.82 Å². The average molecular weight is 292 g/mol. The number of aliphatic carboxylic acids is 1. The maximum absolute atomic E-state index is 13.1. The summed E-state index contributed by atoms with van der Waals surface area (Å²) in [5.74, 6) is -1.75. The number of aromatic nitrogens is 1. The summed E-state index contributed by atoms with van der Waals surface area (Å²) >= 11 is 0. The maximum atomic E-state index is 13.1. The lowest BCUT2D eigenvalue weighted by Crippen LogP contribution is -2.41. The van der Waals surface area contributed by atoms with Crippen molar-refractivity contribution in [2.45, 2.75) is 32.2 Å². The van der Waals surface area contributed by atoms with Gasteiger partial charge in [0.15, 0.2) is 0 Å². The fraction of sp³-hybridized carbons (Fsp3) is 0.333. The highest BCUT2D eigenvalue weighted by molar-refractivity contribution is 5.90. The van der Waals surface area contributed by atoms with E-state index in [1.165, 1.54) is 12.1 Å². The first-order valence-corrected chi connectivity index (χ1v) is 6.79. The number of hydrogen-bond acceptors (Lipinski definition) is 2. The van der Waals surface area contributed by atoms with Gasteiger partial charge in [0.2, 0.25) is 5.91 Å². The van der Waals surface area contributed by atoms with Crippen molar-refractivity contribution in [3.8, 4) is 0 Å². The summed E-state index contributed by atoms with van der Waals surface area (Å²) in [6.45, 7) is 1.86. The van der Waals surface area contributed by atoms with Crippen LogP contribution in [0.1, 0.15) is 25.3 Å². The lowest BCUT2D eigenvalue weighted by atomic mass is 10.1. The number of fused-ring (bicyclic) bond motifs is 1. The highest BCUT2D eigenvalue weighted by Crippen LogP contribution is 2.19. The number of carbonyl (C=O) groups is 2. The molecule has 3 N–H and O–H groups in total. The Morgan fingerprint density at radius 3 is 2.86 bits per heavy atom. The molecule has 0 aliphatic heterocycles. The number of carboxylic acids is 1. The molecule has 1 unspecified atom stereocenters. The van der Waals surface area contributed by atoms with Crippen LogP contribution in [0.15, 0.2) is 24.4 Å². The minimum Gasteiger partial charge on any atom is -0.480 e. The number of carbonyl (C=O) groups excluding carboxylic acids is 1. The van der Waals surface area contributed by atoms with Crippen LogP contribution in [0.25, 0.3) is 10.9 Å². The van der Waals surface area contributed by atoms with Crippen molar-refractivity contribution in [3.05, 3.63) is 35.8 Å². The van der Waals surface area contributed by atoms with Gasteiger partial charge in [-0.05, 0) is 30.2 Å². The smallest absolute Gasteiger partial charge is 0.326 e. The van der Waals surface area contributed by atoms with E-state index in [2.05, 4.69) is 10.3 Å². The van der Waals surface area contributed by atoms with Gasteiger partial charge in [-0.3, -0.25) is 4.79 Å². The van der Waals surface area contributed by atoms with Gasteiger partial charge in [-0.1, -0.05) is 13.3 Å². The molecular weight excluding hydrogens is 275 g/mol. The third kappa shape index (κ3) is 3.59. The molecule has 1 heterocycles. The predicted octanol–water partition coefficient (Wildman–Crippen LogP) is 2.22. The number of halogens is 1. The Morgan fingerprint density at radius 2 is 2.19 bits per heavy atom. The summed E-state index contributed by atoms with van der Waals surface area (Å²) in [6.07, 6.45) is 2.75. The number of H-pyrrole nitrogens is 1. The summed E-state index contributed by atoms with van der Waals surface area (Å²) < 4.78 is 13.1. The Bertz CT molecular complexity index is 666. The van der Waals surface area contributed by atoms with Gasteiger partial charge in [-0.2, -0.15) is 0 Å². The van der Waals surface area contributed by atoms with Gasteiger partial charge in [-0.15, -0.1) is 0 Å². The van der Waals surface area contributed by atoms with E-state index in [-0.39, 0.29) is 18.1 Å². The zero-order valence-corrected chi connectivity index (χ0v) is 11.6. The second kappa shape index (κ2) is 6.39. The van der Waals surface area contributed by atoms with E-state index in [0.717, 1.165) is 5.39 Å². The van der Waals surface area contributed by atoms with Gasteiger partial charge >= 0.3 is 5.97 Å². The third-order valence-electron chi connectivity index (χ3n) is 3.29. The van der Waals surface area contributed by atoms with Crippen molar-refractivity contribution >= 4 is 22.8 Å². The summed E-state index contributed by atoms with van der Waals surface area (Å²) in [5.41, 5.74) is 1.32. The average Bonchev–Trinajstić information content (AvgIpc) is 2.80. The third-order valence-corrected chi connectivity index (χ3v) is 3.29. The number of hydrogen-bond donors (Lipinski definition) is 3. The summed E-state index contributed by atoms with van der Waals surface area (Å²) in [7, 11) is 0. The van der Waals surface area contributed by atoms with Crippen LogP contribution in [0.3, 0.4) is 0 Å². The molecule has 1 atom stereocenters. The minimum atomic E-state index is -1.04. The van der Waals surface area contributed by atoms with Crippen LogP contribution < -0.4 is 5.32 Å². The fourth-order valence-corrected chi connectivity index (χ4v) is 2.27. The maximum Gasteiger partial charge on any atom is 0.326 e. The van der Waals surface area contributed by atoms with Gasteiger partial charge in [0.25, 0.3) is 0 Å². The first kappa shape index (κ1) is 15.0. The largest absolute Gasteiger partial charge is 0.480 e. The Morgan fingerprint density at radius 1 is 1.43 bits per heavy atom. The van der Waals surface area contributed by atoms with Crippen LogP contribution in [-0.2, 0) is 16.0 Å². The summed E-state index contributed by atoms with van der Waals surface area (Å²) in [4.78, 5) is 25.9. The fourth-order valence-electron chi connectivity index (χ4n) is 2.27. The molecule has 0 aliphatic carbocycles. The number of benzene rings is 1. The number of aromatic amines is 1. The molecule has 1 aromatic heterocycles. The van der Waals surface area contributed by atoms with E-state index >= 15 is 0 Å². The second-order valence-corrected chi connectivity index (χ2v) is 4.93. The van der Waals surface area contributed by atoms with Crippen molar-refractivity contribution in [1.29, 1.82) is 0 Å². The lowest BCUT2D eigenvalue weighted by molar-refractivity contribution is -0.141. The van der Waals surface area contributed by atoms with Gasteiger partial charge in [-0.25, -0.2) is 9.18 Å². The molecule has 5 nitrogen and oxygen atoms in total. The summed E-state index contributed by atoms with van der Waals surface area (Å²) in [6, 6.07) is 3.41. The van der Waals surface area contributed by atoms with Gasteiger partial charge < -0.3 is 15.4 Å². The molecule has 0 aliphatic rings. The van der Waals surface area contributed by atoms with Crippen LogP contribution >= 0.6 is 0 Å². The molecule has 1 amide bonds. The molecule has 0 saturated heterocycles. The van der Waals surface area contributed by atoms with E-state index in [0.29, 0.717) is 23.9 Å². The Kier molecular flexibility index (Phi) is 4.57. The van der Waals surface area contributed by atoms with Gasteiger partial charge in [0.05, 0.1) is 6.42 Å². The van der Waals surface area contributed by atoms with Crippen molar-refractivity contribution in [2.24, 2.45) is 0 Å². The molecule has 0 fully saturated rings. The van der Waals surface area contributed by atoms with Crippen LogP contribution in [0.2, 0.25) is 0 Å². The van der Waals surface area contributed by atoms with Crippen LogP contribution in [-0.4, -0.2) is 28.0 Å². The molecule has 112 valence electrons. The van der Waals surface area contributed by atoms with Crippen LogP contribution in [0.5, 0.6) is 0 Å². The normalized spacial score (nSPS) is 12.3. The zero-order chi connectivity index (χ0) is 15.4. The number of carboxylic acid groups (broad SMARTS) is 1. The molecule has 21 heavy (non-hydrogen) atoms. The highest BCUT2D eigenvalue weighted by Gasteiger charge is 2.19. The second-order valence-electron chi connectivity index (χ2n) is 4.93. The lowest BCUT2D eigenvalue weighted by Gasteiger charge is -2.13. The monoisotopic (exact) mass is 292 g/mol. The van der Waals surface area contributed by atoms with Gasteiger partial charge in [0.1, 0.15) is 11.9 Å². The van der Waals surface area contributed by atoms with E-state index in [1.807, 2.05) is 6.92 Å². The topological polar surface area (TPSA) is 82.2 Å². The van der Waals surface area contributed by atoms with E-state index < -0.39 is 12.0 Å². The van der Waals surface area contributed by atoms with Crippen LogP contribution in [0.4, 0.5) is 4.39 Å². The molecule has 0 saturated carbocycles. The first-order chi connectivity index (χ1) is 10.0. The summed E-state index contributed by atoms with van der Waals surface area (Å²) in [5, 5.41) is 12.3. The number of rotatable bonds is 6. The van der Waals surface area contributed by atoms with Crippen molar-refractivity contribution in [1.82, 2.24) is 10.3 Å². The van der Waals surface area contributed by atoms with Gasteiger partial charge in [0, 0.05) is 17.1 Å². The van der Waals surface area contributed by atoms with Crippen molar-refractivity contribution < 1.29 is 19.1 Å². The molecule has 0 spiro atoms.